The number of ether oxygens (including phenoxy) is 1. The maximum absolute atomic E-state index is 12.7. The second-order valence-electron chi connectivity index (χ2n) is 2.74. The topological polar surface area (TPSA) is 59.4 Å². The second kappa shape index (κ2) is 4.42. The summed E-state index contributed by atoms with van der Waals surface area (Å²) < 4.78 is 17.7. The Labute approximate surface area is 85.7 Å². The molecule has 5 heteroatoms. The lowest BCUT2D eigenvalue weighted by molar-refractivity contribution is 0.0689. The summed E-state index contributed by atoms with van der Waals surface area (Å²) in [6.45, 7) is 1.55. The maximum atomic E-state index is 12.7. The molecule has 1 atom stereocenters. The molecule has 1 unspecified atom stereocenters. The highest BCUT2D eigenvalue weighted by atomic mass is 19.1. The Morgan fingerprint density at radius 2 is 2.47 bits per heavy atom. The summed E-state index contributed by atoms with van der Waals surface area (Å²) in [5.41, 5.74) is -0.350. The molecular weight excluding hydrogens is 201 g/mol. The van der Waals surface area contributed by atoms with E-state index in [2.05, 4.69) is 10.9 Å². The smallest absolute Gasteiger partial charge is 0.341 e. The molecule has 1 N–H and O–H groups in total. The first-order valence-corrected chi connectivity index (χ1v) is 4.06. The summed E-state index contributed by atoms with van der Waals surface area (Å²) in [7, 11) is 0. The van der Waals surface area contributed by atoms with Crippen LogP contribution < -0.4 is 4.74 Å². The number of hydrogen-bond donors (Lipinski definition) is 1. The van der Waals surface area contributed by atoms with Gasteiger partial charge in [0, 0.05) is 0 Å². The average molecular weight is 209 g/mol. The van der Waals surface area contributed by atoms with Crippen LogP contribution in [0.5, 0.6) is 5.88 Å². The molecule has 0 fully saturated rings. The summed E-state index contributed by atoms with van der Waals surface area (Å²) >= 11 is 0. The van der Waals surface area contributed by atoms with Crippen molar-refractivity contribution in [3.63, 3.8) is 0 Å². The molecule has 0 saturated heterocycles. The third kappa shape index (κ3) is 2.68. The number of carboxylic acids is 1. The van der Waals surface area contributed by atoms with Crippen LogP contribution in [0, 0.1) is 18.2 Å². The Bertz CT molecular complexity index is 425. The van der Waals surface area contributed by atoms with E-state index in [0.717, 1.165) is 12.3 Å². The zero-order valence-electron chi connectivity index (χ0n) is 7.90. The van der Waals surface area contributed by atoms with Crippen LogP contribution in [0.2, 0.25) is 0 Å². The van der Waals surface area contributed by atoms with Gasteiger partial charge in [-0.1, -0.05) is 5.92 Å². The molecule has 1 aromatic heterocycles. The van der Waals surface area contributed by atoms with Crippen LogP contribution in [0.15, 0.2) is 12.3 Å². The van der Waals surface area contributed by atoms with Crippen LogP contribution in [-0.4, -0.2) is 22.2 Å². The summed E-state index contributed by atoms with van der Waals surface area (Å²) in [5.74, 6) is -0.00133. The lowest BCUT2D eigenvalue weighted by Crippen LogP contribution is -2.13. The van der Waals surface area contributed by atoms with Crippen molar-refractivity contribution in [2.75, 3.05) is 0 Å². The zero-order chi connectivity index (χ0) is 11.4. The van der Waals surface area contributed by atoms with Gasteiger partial charge in [-0.3, -0.25) is 0 Å². The predicted octanol–water partition coefficient (Wildman–Crippen LogP) is 1.32. The molecule has 0 saturated carbocycles. The molecule has 0 spiro atoms. The number of rotatable bonds is 3. The number of aromatic nitrogens is 1. The molecule has 1 aromatic rings. The van der Waals surface area contributed by atoms with Gasteiger partial charge in [0.1, 0.15) is 11.4 Å². The monoisotopic (exact) mass is 209 g/mol. The minimum Gasteiger partial charge on any atom is -0.477 e. The van der Waals surface area contributed by atoms with Gasteiger partial charge in [0.15, 0.2) is 6.10 Å². The molecule has 0 aromatic carbocycles. The molecule has 4 nitrogen and oxygen atoms in total. The number of halogens is 1. The van der Waals surface area contributed by atoms with Gasteiger partial charge in [-0.2, -0.15) is 0 Å². The first-order chi connectivity index (χ1) is 7.04. The van der Waals surface area contributed by atoms with Gasteiger partial charge >= 0.3 is 5.97 Å². The van der Waals surface area contributed by atoms with Crippen LogP contribution >= 0.6 is 0 Å². The first kappa shape index (κ1) is 11.0. The number of aromatic carboxylic acids is 1. The minimum absolute atomic E-state index is 0.186. The lowest BCUT2D eigenvalue weighted by Gasteiger charge is -2.09. The van der Waals surface area contributed by atoms with Crippen molar-refractivity contribution in [2.24, 2.45) is 0 Å². The number of terminal acetylenes is 1. The van der Waals surface area contributed by atoms with Crippen molar-refractivity contribution in [2.45, 2.75) is 13.0 Å². The number of hydrogen-bond acceptors (Lipinski definition) is 3. The van der Waals surface area contributed by atoms with E-state index in [4.69, 9.17) is 16.3 Å². The highest BCUT2D eigenvalue weighted by Gasteiger charge is 2.15. The first-order valence-electron chi connectivity index (χ1n) is 4.06. The largest absolute Gasteiger partial charge is 0.477 e. The van der Waals surface area contributed by atoms with E-state index in [0.29, 0.717) is 0 Å². The van der Waals surface area contributed by atoms with E-state index in [1.54, 1.807) is 6.92 Å². The molecule has 0 amide bonds. The van der Waals surface area contributed by atoms with Crippen LogP contribution in [0.25, 0.3) is 0 Å². The maximum Gasteiger partial charge on any atom is 0.341 e. The molecular formula is C10H8FNO3. The molecule has 1 heterocycles. The minimum atomic E-state index is -1.32. The van der Waals surface area contributed by atoms with Crippen LogP contribution in [-0.2, 0) is 0 Å². The Balaban J connectivity index is 3.07. The molecule has 0 aliphatic carbocycles. The summed E-state index contributed by atoms with van der Waals surface area (Å²) in [5, 5.41) is 8.74. The van der Waals surface area contributed by atoms with E-state index in [1.165, 1.54) is 0 Å². The predicted molar refractivity (Wildman–Crippen MR) is 50.1 cm³/mol. The lowest BCUT2D eigenvalue weighted by atomic mass is 10.2. The van der Waals surface area contributed by atoms with Crippen molar-refractivity contribution < 1.29 is 19.0 Å². The van der Waals surface area contributed by atoms with Gasteiger partial charge in [0.05, 0.1) is 6.20 Å². The second-order valence-corrected chi connectivity index (χ2v) is 2.74. The van der Waals surface area contributed by atoms with Crippen molar-refractivity contribution >= 4 is 5.97 Å². The van der Waals surface area contributed by atoms with Crippen LogP contribution in [0.4, 0.5) is 4.39 Å². The van der Waals surface area contributed by atoms with Crippen LogP contribution in [0.3, 0.4) is 0 Å². The summed E-state index contributed by atoms with van der Waals surface area (Å²) in [6.07, 6.45) is 5.29. The molecule has 0 aliphatic rings. The molecule has 0 radical (unpaired) electrons. The van der Waals surface area contributed by atoms with Gasteiger partial charge in [-0.15, -0.1) is 6.42 Å². The number of carbonyl (C=O) groups is 1. The Hall–Kier alpha value is -2.09. The van der Waals surface area contributed by atoms with Gasteiger partial charge in [0.25, 0.3) is 0 Å². The van der Waals surface area contributed by atoms with Crippen molar-refractivity contribution in [1.82, 2.24) is 4.98 Å². The van der Waals surface area contributed by atoms with Gasteiger partial charge < -0.3 is 9.84 Å². The number of nitrogens with zero attached hydrogens (tertiary/aromatic N) is 1. The normalized spacial score (nSPS) is 11.5. The quantitative estimate of drug-likeness (QED) is 0.762. The fourth-order valence-electron chi connectivity index (χ4n) is 0.875. The van der Waals surface area contributed by atoms with Gasteiger partial charge in [0.2, 0.25) is 5.88 Å². The third-order valence-electron chi connectivity index (χ3n) is 1.57. The van der Waals surface area contributed by atoms with E-state index in [9.17, 15) is 9.18 Å². The molecule has 0 aliphatic heterocycles. The van der Waals surface area contributed by atoms with E-state index < -0.39 is 17.9 Å². The zero-order valence-corrected chi connectivity index (χ0v) is 7.90. The summed E-state index contributed by atoms with van der Waals surface area (Å²) in [6, 6.07) is 0.827. The molecule has 78 valence electrons. The Morgan fingerprint density at radius 1 is 1.80 bits per heavy atom. The number of carboxylic acid groups (broad SMARTS) is 1. The summed E-state index contributed by atoms with van der Waals surface area (Å²) in [4.78, 5) is 14.2. The van der Waals surface area contributed by atoms with Crippen molar-refractivity contribution in [3.05, 3.63) is 23.6 Å². The van der Waals surface area contributed by atoms with Crippen LogP contribution in [0.1, 0.15) is 17.3 Å². The average Bonchev–Trinajstić information content (AvgIpc) is 2.20. The third-order valence-corrected chi connectivity index (χ3v) is 1.57. The Morgan fingerprint density at radius 3 is 3.00 bits per heavy atom. The highest BCUT2D eigenvalue weighted by molar-refractivity contribution is 5.90. The standard InChI is InChI=1S/C10H8FNO3/c1-3-6(2)15-9-8(10(13)14)4-7(11)5-12-9/h1,4-6H,2H3,(H,13,14). The van der Waals surface area contributed by atoms with Crippen molar-refractivity contribution in [1.29, 1.82) is 0 Å². The Kier molecular flexibility index (Phi) is 3.24. The molecule has 0 bridgehead atoms. The van der Waals surface area contributed by atoms with E-state index >= 15 is 0 Å². The fraction of sp³-hybridized carbons (Fsp3) is 0.200. The number of pyridine rings is 1. The van der Waals surface area contributed by atoms with Gasteiger partial charge in [-0.25, -0.2) is 14.2 Å². The van der Waals surface area contributed by atoms with E-state index in [1.807, 2.05) is 0 Å². The highest BCUT2D eigenvalue weighted by Crippen LogP contribution is 2.17. The van der Waals surface area contributed by atoms with E-state index in [-0.39, 0.29) is 11.4 Å². The molecule has 1 rings (SSSR count). The van der Waals surface area contributed by atoms with Crippen molar-refractivity contribution in [3.8, 4) is 18.2 Å². The SMILES string of the molecule is C#CC(C)Oc1ncc(F)cc1C(=O)O. The van der Waals surface area contributed by atoms with Gasteiger partial charge in [-0.05, 0) is 13.0 Å². The molecule has 15 heavy (non-hydrogen) atoms. The fourth-order valence-corrected chi connectivity index (χ4v) is 0.875.